The summed E-state index contributed by atoms with van der Waals surface area (Å²) in [4.78, 5) is 10.6. The van der Waals surface area contributed by atoms with Crippen LogP contribution >= 0.6 is 0 Å². The molecule has 0 radical (unpaired) electrons. The lowest BCUT2D eigenvalue weighted by Gasteiger charge is -2.22. The van der Waals surface area contributed by atoms with Gasteiger partial charge in [0.05, 0.1) is 0 Å². The Labute approximate surface area is 109 Å². The highest BCUT2D eigenvalue weighted by molar-refractivity contribution is 5.50. The molecule has 4 heteroatoms. The summed E-state index contributed by atoms with van der Waals surface area (Å²) in [6.07, 6.45) is 6.92. The molecule has 4 nitrogen and oxygen atoms in total. The van der Waals surface area contributed by atoms with Gasteiger partial charge in [-0.15, -0.1) is 0 Å². The van der Waals surface area contributed by atoms with E-state index in [-0.39, 0.29) is 0 Å². The Morgan fingerprint density at radius 3 is 2.78 bits per heavy atom. The molecule has 0 spiro atoms. The van der Waals surface area contributed by atoms with Gasteiger partial charge in [-0.05, 0) is 18.3 Å². The van der Waals surface area contributed by atoms with Crippen molar-refractivity contribution in [3.05, 3.63) is 18.1 Å². The van der Waals surface area contributed by atoms with E-state index in [0.717, 1.165) is 30.7 Å². The Hall–Kier alpha value is -1.63. The standard InChI is InChI=1S/C14H20N4/c1-3-11(4-2)12-5-8-18(10-12)14-13(9-15)16-6-7-17-14/h6-7,11-12H,3-5,8,10H2,1-2H3. The summed E-state index contributed by atoms with van der Waals surface area (Å²) in [7, 11) is 0. The average Bonchev–Trinajstić information content (AvgIpc) is 2.89. The molecule has 0 aromatic carbocycles. The summed E-state index contributed by atoms with van der Waals surface area (Å²) in [5.74, 6) is 2.28. The Bertz CT molecular complexity index is 434. The van der Waals surface area contributed by atoms with Crippen molar-refractivity contribution in [3.8, 4) is 6.07 Å². The van der Waals surface area contributed by atoms with Gasteiger partial charge < -0.3 is 4.90 Å². The average molecular weight is 244 g/mol. The normalized spacial score (nSPS) is 19.2. The van der Waals surface area contributed by atoms with E-state index in [1.807, 2.05) is 0 Å². The fourth-order valence-corrected chi connectivity index (χ4v) is 2.96. The van der Waals surface area contributed by atoms with Gasteiger partial charge in [0.2, 0.25) is 0 Å². The molecule has 1 fully saturated rings. The molecule has 2 heterocycles. The quantitative estimate of drug-likeness (QED) is 0.817. The van der Waals surface area contributed by atoms with E-state index in [0.29, 0.717) is 5.69 Å². The lowest BCUT2D eigenvalue weighted by Crippen LogP contribution is -2.24. The van der Waals surface area contributed by atoms with Crippen LogP contribution in [0, 0.1) is 23.2 Å². The third kappa shape index (κ3) is 2.45. The fourth-order valence-electron chi connectivity index (χ4n) is 2.96. The Morgan fingerprint density at radius 1 is 1.39 bits per heavy atom. The molecular formula is C14H20N4. The second kappa shape index (κ2) is 5.81. The minimum atomic E-state index is 0.447. The SMILES string of the molecule is CCC(CC)C1CCN(c2nccnc2C#N)C1. The first-order valence-electron chi connectivity index (χ1n) is 6.76. The zero-order valence-corrected chi connectivity index (χ0v) is 11.1. The lowest BCUT2D eigenvalue weighted by atomic mass is 9.87. The van der Waals surface area contributed by atoms with Crippen molar-refractivity contribution in [2.24, 2.45) is 11.8 Å². The molecule has 0 bridgehead atoms. The Kier molecular flexibility index (Phi) is 4.14. The van der Waals surface area contributed by atoms with Crippen LogP contribution in [0.25, 0.3) is 0 Å². The first-order valence-corrected chi connectivity index (χ1v) is 6.76. The van der Waals surface area contributed by atoms with Crippen molar-refractivity contribution in [1.29, 1.82) is 5.26 Å². The van der Waals surface area contributed by atoms with Crippen molar-refractivity contribution in [1.82, 2.24) is 9.97 Å². The Morgan fingerprint density at radius 2 is 2.11 bits per heavy atom. The van der Waals surface area contributed by atoms with Crippen molar-refractivity contribution in [3.63, 3.8) is 0 Å². The van der Waals surface area contributed by atoms with Gasteiger partial charge >= 0.3 is 0 Å². The number of aromatic nitrogens is 2. The van der Waals surface area contributed by atoms with E-state index in [9.17, 15) is 0 Å². The smallest absolute Gasteiger partial charge is 0.183 e. The van der Waals surface area contributed by atoms with E-state index < -0.39 is 0 Å². The van der Waals surface area contributed by atoms with Gasteiger partial charge in [-0.2, -0.15) is 5.26 Å². The van der Waals surface area contributed by atoms with E-state index in [4.69, 9.17) is 5.26 Å². The number of nitrogens with zero attached hydrogens (tertiary/aromatic N) is 4. The van der Waals surface area contributed by atoms with Crippen LogP contribution in [0.5, 0.6) is 0 Å². The summed E-state index contributed by atoms with van der Waals surface area (Å²) < 4.78 is 0. The third-order valence-corrected chi connectivity index (χ3v) is 4.02. The van der Waals surface area contributed by atoms with Crippen molar-refractivity contribution < 1.29 is 0 Å². The third-order valence-electron chi connectivity index (χ3n) is 4.02. The van der Waals surface area contributed by atoms with Crippen LogP contribution in [0.3, 0.4) is 0 Å². The van der Waals surface area contributed by atoms with Gasteiger partial charge in [-0.3, -0.25) is 0 Å². The van der Waals surface area contributed by atoms with E-state index in [2.05, 4.69) is 34.8 Å². The molecule has 1 aromatic heterocycles. The predicted octanol–water partition coefficient (Wildman–Crippen LogP) is 2.61. The number of anilines is 1. The zero-order chi connectivity index (χ0) is 13.0. The monoisotopic (exact) mass is 244 g/mol. The highest BCUT2D eigenvalue weighted by atomic mass is 15.2. The van der Waals surface area contributed by atoms with Crippen LogP contribution in [0.2, 0.25) is 0 Å². The van der Waals surface area contributed by atoms with Crippen LogP contribution in [0.1, 0.15) is 38.8 Å². The minimum absolute atomic E-state index is 0.447. The van der Waals surface area contributed by atoms with Crippen LogP contribution in [-0.2, 0) is 0 Å². The van der Waals surface area contributed by atoms with Crippen molar-refractivity contribution >= 4 is 5.82 Å². The van der Waals surface area contributed by atoms with E-state index in [1.54, 1.807) is 12.4 Å². The summed E-state index contributed by atoms with van der Waals surface area (Å²) in [6, 6.07) is 2.13. The summed E-state index contributed by atoms with van der Waals surface area (Å²) in [6.45, 7) is 6.54. The topological polar surface area (TPSA) is 52.8 Å². The van der Waals surface area contributed by atoms with E-state index in [1.165, 1.54) is 19.3 Å². The van der Waals surface area contributed by atoms with Gasteiger partial charge in [0, 0.05) is 25.5 Å². The predicted molar refractivity (Wildman–Crippen MR) is 71.1 cm³/mol. The molecule has 1 aliphatic rings. The second-order valence-electron chi connectivity index (χ2n) is 4.91. The van der Waals surface area contributed by atoms with Gasteiger partial charge in [0.25, 0.3) is 0 Å². The molecule has 1 aliphatic heterocycles. The van der Waals surface area contributed by atoms with Gasteiger partial charge in [0.15, 0.2) is 11.5 Å². The maximum atomic E-state index is 9.07. The maximum Gasteiger partial charge on any atom is 0.183 e. The largest absolute Gasteiger partial charge is 0.354 e. The minimum Gasteiger partial charge on any atom is -0.354 e. The summed E-state index contributed by atoms with van der Waals surface area (Å²) in [5, 5.41) is 9.07. The molecule has 1 unspecified atom stereocenters. The van der Waals surface area contributed by atoms with Gasteiger partial charge in [-0.25, -0.2) is 9.97 Å². The maximum absolute atomic E-state index is 9.07. The van der Waals surface area contributed by atoms with Crippen LogP contribution in [-0.4, -0.2) is 23.1 Å². The van der Waals surface area contributed by atoms with E-state index >= 15 is 0 Å². The van der Waals surface area contributed by atoms with Gasteiger partial charge in [0.1, 0.15) is 6.07 Å². The molecule has 2 rings (SSSR count). The first-order chi connectivity index (χ1) is 8.80. The number of hydrogen-bond donors (Lipinski definition) is 0. The van der Waals surface area contributed by atoms with Crippen LogP contribution in [0.15, 0.2) is 12.4 Å². The molecule has 0 N–H and O–H groups in total. The molecule has 1 aromatic rings. The van der Waals surface area contributed by atoms with Crippen molar-refractivity contribution in [2.75, 3.05) is 18.0 Å². The number of nitriles is 1. The number of rotatable bonds is 4. The van der Waals surface area contributed by atoms with Crippen molar-refractivity contribution in [2.45, 2.75) is 33.1 Å². The molecule has 18 heavy (non-hydrogen) atoms. The highest BCUT2D eigenvalue weighted by Crippen LogP contribution is 2.31. The second-order valence-corrected chi connectivity index (χ2v) is 4.91. The lowest BCUT2D eigenvalue weighted by molar-refractivity contribution is 0.339. The highest BCUT2D eigenvalue weighted by Gasteiger charge is 2.29. The van der Waals surface area contributed by atoms with Crippen LogP contribution in [0.4, 0.5) is 5.82 Å². The Balaban J connectivity index is 2.11. The molecule has 1 atom stereocenters. The first kappa shape index (κ1) is 12.8. The number of hydrogen-bond acceptors (Lipinski definition) is 4. The molecular weight excluding hydrogens is 224 g/mol. The molecule has 0 aliphatic carbocycles. The molecule has 0 saturated carbocycles. The summed E-state index contributed by atoms with van der Waals surface area (Å²) >= 11 is 0. The fraction of sp³-hybridized carbons (Fsp3) is 0.643. The molecule has 96 valence electrons. The van der Waals surface area contributed by atoms with Gasteiger partial charge in [-0.1, -0.05) is 26.7 Å². The molecule has 0 amide bonds. The molecule has 1 saturated heterocycles. The van der Waals surface area contributed by atoms with Crippen LogP contribution < -0.4 is 4.90 Å². The zero-order valence-electron chi connectivity index (χ0n) is 11.1. The summed E-state index contributed by atoms with van der Waals surface area (Å²) in [5.41, 5.74) is 0.447.